The van der Waals surface area contributed by atoms with E-state index in [1.165, 1.54) is 0 Å². The number of rotatable bonds is 3. The lowest BCUT2D eigenvalue weighted by molar-refractivity contribution is -0.374. The zero-order chi connectivity index (χ0) is 13.4. The smallest absolute Gasteiger partial charge is 0.288 e. The number of hydrogen-bond acceptors (Lipinski definition) is 3. The third-order valence-corrected chi connectivity index (χ3v) is 3.49. The Morgan fingerprint density at radius 1 is 1.06 bits per heavy atom. The molecule has 0 unspecified atom stereocenters. The topological polar surface area (TPSA) is 63.6 Å². The Hall–Kier alpha value is -1.91. The Bertz CT molecular complexity index is 534. The van der Waals surface area contributed by atoms with E-state index in [9.17, 15) is 9.59 Å². The first-order chi connectivity index (χ1) is 8.51. The van der Waals surface area contributed by atoms with E-state index in [4.69, 9.17) is 0 Å². The second kappa shape index (κ2) is 4.40. The van der Waals surface area contributed by atoms with Crippen LogP contribution in [0.15, 0.2) is 0 Å². The Labute approximate surface area is 106 Å². The summed E-state index contributed by atoms with van der Waals surface area (Å²) >= 11 is 0. The predicted octanol–water partition coefficient (Wildman–Crippen LogP) is 0.847. The van der Waals surface area contributed by atoms with E-state index in [2.05, 4.69) is 10.3 Å². The monoisotopic (exact) mass is 248 g/mol. The number of carbonyl (C=O) groups is 2. The average Bonchev–Trinajstić information content (AvgIpc) is 2.62. The number of amides is 2. The van der Waals surface area contributed by atoms with Crippen LogP contribution >= 0.6 is 0 Å². The first-order valence-electron chi connectivity index (χ1n) is 6.18. The number of pyridine rings is 1. The van der Waals surface area contributed by atoms with E-state index in [0.717, 1.165) is 30.2 Å². The molecule has 5 nitrogen and oxygen atoms in total. The third kappa shape index (κ3) is 1.66. The number of imide groups is 1. The third-order valence-electron chi connectivity index (χ3n) is 3.49. The lowest BCUT2D eigenvalue weighted by atomic mass is 10.0. The van der Waals surface area contributed by atoms with Crippen LogP contribution < -0.4 is 15.2 Å². The first kappa shape index (κ1) is 12.5. The van der Waals surface area contributed by atoms with Gasteiger partial charge in [0, 0.05) is 5.56 Å². The molecular formula is C13H18N3O2+. The minimum Gasteiger partial charge on any atom is -0.288 e. The Morgan fingerprint density at radius 2 is 1.61 bits per heavy atom. The van der Waals surface area contributed by atoms with Gasteiger partial charge in [0.15, 0.2) is 0 Å². The van der Waals surface area contributed by atoms with Crippen molar-refractivity contribution in [3.8, 4) is 0 Å². The fourth-order valence-corrected chi connectivity index (χ4v) is 2.34. The van der Waals surface area contributed by atoms with Gasteiger partial charge in [-0.2, -0.15) is 0 Å². The number of carbonyl (C=O) groups excluding carboxylic acids is 2. The zero-order valence-electron chi connectivity index (χ0n) is 11.2. The van der Waals surface area contributed by atoms with Crippen molar-refractivity contribution in [1.82, 2.24) is 5.32 Å². The lowest BCUT2D eigenvalue weighted by Crippen LogP contribution is -2.33. The molecule has 0 atom stereocenters. The molecule has 0 saturated carbocycles. The number of H-pyrrole nitrogens is 1. The first-order valence-corrected chi connectivity index (χ1v) is 6.18. The summed E-state index contributed by atoms with van der Waals surface area (Å²) in [6, 6.07) is 0. The number of aryl methyl sites for hydroxylation is 1. The van der Waals surface area contributed by atoms with Crippen molar-refractivity contribution in [3.05, 3.63) is 22.4 Å². The van der Waals surface area contributed by atoms with Crippen molar-refractivity contribution in [3.63, 3.8) is 0 Å². The second-order valence-corrected chi connectivity index (χ2v) is 4.43. The van der Waals surface area contributed by atoms with E-state index < -0.39 is 0 Å². The van der Waals surface area contributed by atoms with E-state index in [-0.39, 0.29) is 11.8 Å². The fourth-order valence-electron chi connectivity index (χ4n) is 2.34. The molecule has 0 bridgehead atoms. The quantitative estimate of drug-likeness (QED) is 0.806. The molecule has 1 aromatic heterocycles. The molecule has 1 aromatic rings. The largest absolute Gasteiger partial charge is 0.288 e. The minimum absolute atomic E-state index is 0.294. The Balaban J connectivity index is 2.73. The highest BCUT2D eigenvalue weighted by Crippen LogP contribution is 2.27. The number of aromatic nitrogens is 1. The van der Waals surface area contributed by atoms with Gasteiger partial charge in [-0.15, -0.1) is 0 Å². The number of aromatic amines is 1. The van der Waals surface area contributed by atoms with Gasteiger partial charge < -0.3 is 0 Å². The zero-order valence-corrected chi connectivity index (χ0v) is 11.2. The second-order valence-electron chi connectivity index (χ2n) is 4.43. The van der Waals surface area contributed by atoms with Gasteiger partial charge in [0.2, 0.25) is 0 Å². The molecule has 96 valence electrons. The van der Waals surface area contributed by atoms with E-state index in [1.54, 1.807) is 0 Å². The summed E-state index contributed by atoms with van der Waals surface area (Å²) in [6.45, 7) is 9.38. The van der Waals surface area contributed by atoms with Crippen molar-refractivity contribution in [1.29, 1.82) is 0 Å². The molecule has 0 fully saturated rings. The number of anilines is 1. The molecule has 0 saturated heterocycles. The molecule has 18 heavy (non-hydrogen) atoms. The molecular weight excluding hydrogens is 230 g/mol. The molecule has 2 N–H and O–H groups in total. The van der Waals surface area contributed by atoms with Gasteiger partial charge in [0.05, 0.1) is 18.7 Å². The van der Waals surface area contributed by atoms with Gasteiger partial charge >= 0.3 is 0 Å². The summed E-state index contributed by atoms with van der Waals surface area (Å²) in [5.74, 6) is 0.135. The highest BCUT2D eigenvalue weighted by atomic mass is 16.2. The molecule has 0 aliphatic carbocycles. The number of fused-ring (bicyclic) bond motifs is 1. The Morgan fingerprint density at radius 3 is 2.17 bits per heavy atom. The van der Waals surface area contributed by atoms with Crippen LogP contribution in [0.4, 0.5) is 5.82 Å². The highest BCUT2D eigenvalue weighted by Gasteiger charge is 2.37. The normalized spacial score (nSPS) is 13.6. The van der Waals surface area contributed by atoms with Crippen molar-refractivity contribution in [2.75, 3.05) is 18.0 Å². The van der Waals surface area contributed by atoms with Crippen molar-refractivity contribution < 1.29 is 14.6 Å². The Kier molecular flexibility index (Phi) is 3.07. The van der Waals surface area contributed by atoms with Crippen LogP contribution in [0.3, 0.4) is 0 Å². The number of nitrogens with zero attached hydrogens (tertiary/aromatic N) is 1. The molecule has 1 aliphatic rings. The minimum atomic E-state index is -0.309. The molecule has 2 rings (SSSR count). The van der Waals surface area contributed by atoms with Crippen LogP contribution in [0.2, 0.25) is 0 Å². The van der Waals surface area contributed by atoms with Gasteiger partial charge in [-0.05, 0) is 27.7 Å². The summed E-state index contributed by atoms with van der Waals surface area (Å²) in [4.78, 5) is 29.0. The summed E-state index contributed by atoms with van der Waals surface area (Å²) < 4.78 is 0. The molecule has 0 aromatic carbocycles. The highest BCUT2D eigenvalue weighted by molar-refractivity contribution is 6.23. The average molecular weight is 248 g/mol. The number of hydrogen-bond donors (Lipinski definition) is 1. The molecule has 2 heterocycles. The van der Waals surface area contributed by atoms with Crippen molar-refractivity contribution >= 4 is 17.6 Å². The predicted molar refractivity (Wildman–Crippen MR) is 67.8 cm³/mol. The van der Waals surface area contributed by atoms with E-state index >= 15 is 0 Å². The van der Waals surface area contributed by atoms with Gasteiger partial charge in [-0.3, -0.25) is 19.8 Å². The van der Waals surface area contributed by atoms with Crippen molar-refractivity contribution in [2.24, 2.45) is 0 Å². The maximum atomic E-state index is 11.9. The van der Waals surface area contributed by atoms with Crippen LogP contribution in [-0.2, 0) is 0 Å². The van der Waals surface area contributed by atoms with Crippen LogP contribution in [0.1, 0.15) is 45.8 Å². The fraction of sp³-hybridized carbons (Fsp3) is 0.462. The van der Waals surface area contributed by atoms with E-state index in [1.807, 2.05) is 32.6 Å². The maximum Gasteiger partial charge on any atom is 0.288 e. The summed E-state index contributed by atoms with van der Waals surface area (Å²) in [5, 5.41) is 2.37. The summed E-state index contributed by atoms with van der Waals surface area (Å²) in [5.41, 5.74) is 2.75. The number of nitrogens with one attached hydrogen (secondary N) is 2. The van der Waals surface area contributed by atoms with Gasteiger partial charge in [0.25, 0.3) is 17.6 Å². The van der Waals surface area contributed by atoms with Crippen LogP contribution in [0, 0.1) is 13.8 Å². The van der Waals surface area contributed by atoms with Gasteiger partial charge in [0.1, 0.15) is 11.3 Å². The SMILES string of the molecule is CCN(CC)c1[nH+]c(C)c(C)c2c1C(=O)NC2=O. The van der Waals surface area contributed by atoms with Crippen LogP contribution in [-0.4, -0.2) is 24.9 Å². The lowest BCUT2D eigenvalue weighted by Gasteiger charge is -2.15. The molecule has 2 amide bonds. The van der Waals surface area contributed by atoms with Crippen LogP contribution in [0.5, 0.6) is 0 Å². The van der Waals surface area contributed by atoms with Crippen LogP contribution in [0.25, 0.3) is 0 Å². The van der Waals surface area contributed by atoms with Crippen molar-refractivity contribution in [2.45, 2.75) is 27.7 Å². The molecule has 0 radical (unpaired) electrons. The van der Waals surface area contributed by atoms with Gasteiger partial charge in [-0.25, -0.2) is 4.98 Å². The summed E-state index contributed by atoms with van der Waals surface area (Å²) in [6.07, 6.45) is 0. The molecule has 0 spiro atoms. The van der Waals surface area contributed by atoms with Gasteiger partial charge in [-0.1, -0.05) is 0 Å². The maximum absolute atomic E-state index is 11.9. The van der Waals surface area contributed by atoms with E-state index in [0.29, 0.717) is 11.1 Å². The summed E-state index contributed by atoms with van der Waals surface area (Å²) in [7, 11) is 0. The molecule has 5 heteroatoms. The standard InChI is InChI=1S/C13H17N3O2/c1-5-16(6-2)11-10-9(7(3)8(4)14-11)12(17)15-13(10)18/h5-6H2,1-4H3,(H,15,17,18)/p+1. The molecule has 1 aliphatic heterocycles.